The molecule has 0 radical (unpaired) electrons. The molecule has 136 valence electrons. The highest BCUT2D eigenvalue weighted by Gasteiger charge is 2.32. The van der Waals surface area contributed by atoms with Crippen LogP contribution in [0.4, 0.5) is 0 Å². The van der Waals surface area contributed by atoms with Crippen LogP contribution in [-0.4, -0.2) is 55.9 Å². The first-order chi connectivity index (χ1) is 10.6. The lowest BCUT2D eigenvalue weighted by Crippen LogP contribution is -2.35. The average molecular weight is 334 g/mol. The van der Waals surface area contributed by atoms with Crippen LogP contribution in [-0.2, 0) is 9.53 Å². The second-order valence-electron chi connectivity index (χ2n) is 6.41. The molecule has 3 unspecified atom stereocenters. The molecule has 7 heteroatoms. The molecular formula is C16H30O7. The van der Waals surface area contributed by atoms with Crippen LogP contribution in [0.3, 0.4) is 0 Å². The van der Waals surface area contributed by atoms with E-state index in [1.165, 1.54) is 0 Å². The molecule has 0 aliphatic rings. The molecule has 0 aromatic rings. The number of hydrogen-bond donors (Lipinski definition) is 5. The fraction of sp³-hybridized carbons (Fsp3) is 0.812. The van der Waals surface area contributed by atoms with Gasteiger partial charge in [-0.25, -0.2) is 4.79 Å². The Morgan fingerprint density at radius 1 is 1.22 bits per heavy atom. The van der Waals surface area contributed by atoms with Crippen molar-refractivity contribution in [2.45, 2.75) is 71.2 Å². The Labute approximate surface area is 137 Å². The third-order valence-corrected chi connectivity index (χ3v) is 3.84. The van der Waals surface area contributed by atoms with Crippen molar-refractivity contribution in [1.82, 2.24) is 0 Å². The number of rotatable bonds is 10. The van der Waals surface area contributed by atoms with Gasteiger partial charge in [0.2, 0.25) is 5.76 Å². The molecule has 0 aliphatic heterocycles. The Morgan fingerprint density at radius 2 is 1.78 bits per heavy atom. The predicted molar refractivity (Wildman–Crippen MR) is 84.9 cm³/mol. The highest BCUT2D eigenvalue weighted by molar-refractivity contribution is 5.86. The van der Waals surface area contributed by atoms with Crippen molar-refractivity contribution in [2.75, 3.05) is 6.61 Å². The van der Waals surface area contributed by atoms with Crippen molar-refractivity contribution in [3.8, 4) is 0 Å². The van der Waals surface area contributed by atoms with Crippen LogP contribution in [0.1, 0.15) is 53.4 Å². The molecule has 0 aromatic heterocycles. The Hall–Kier alpha value is -1.31. The molecule has 0 rings (SSSR count). The summed E-state index contributed by atoms with van der Waals surface area (Å²) >= 11 is 0. The highest BCUT2D eigenvalue weighted by atomic mass is 16.6. The highest BCUT2D eigenvalue weighted by Crippen LogP contribution is 2.25. The topological polar surface area (TPSA) is 127 Å². The summed E-state index contributed by atoms with van der Waals surface area (Å²) in [4.78, 5) is 11.9. The molecule has 0 heterocycles. The maximum Gasteiger partial charge on any atom is 0.377 e. The van der Waals surface area contributed by atoms with E-state index in [1.54, 1.807) is 6.92 Å². The van der Waals surface area contributed by atoms with Crippen molar-refractivity contribution in [3.05, 3.63) is 11.5 Å². The molecule has 0 aromatic carbocycles. The fourth-order valence-corrected chi connectivity index (χ4v) is 1.98. The number of aliphatic hydroxyl groups excluding tert-OH is 5. The summed E-state index contributed by atoms with van der Waals surface area (Å²) in [5.74, 6) is -2.95. The van der Waals surface area contributed by atoms with Crippen molar-refractivity contribution in [3.63, 3.8) is 0 Å². The number of hydrogen-bond acceptors (Lipinski definition) is 7. The predicted octanol–water partition coefficient (Wildman–Crippen LogP) is 1.57. The third-order valence-electron chi connectivity index (χ3n) is 3.84. The molecular weight excluding hydrogens is 304 g/mol. The lowest BCUT2D eigenvalue weighted by atomic mass is 9.93. The van der Waals surface area contributed by atoms with Gasteiger partial charge in [-0.2, -0.15) is 0 Å². The molecule has 0 amide bonds. The molecule has 0 aliphatic carbocycles. The molecule has 0 saturated heterocycles. The number of esters is 1. The van der Waals surface area contributed by atoms with E-state index in [-0.39, 0.29) is 0 Å². The molecule has 7 nitrogen and oxygen atoms in total. The lowest BCUT2D eigenvalue weighted by Gasteiger charge is -2.29. The fourth-order valence-electron chi connectivity index (χ4n) is 1.98. The van der Waals surface area contributed by atoms with Gasteiger partial charge >= 0.3 is 5.97 Å². The summed E-state index contributed by atoms with van der Waals surface area (Å²) in [6.07, 6.45) is -0.746. The van der Waals surface area contributed by atoms with E-state index in [0.717, 1.165) is 12.8 Å². The summed E-state index contributed by atoms with van der Waals surface area (Å²) in [5, 5.41) is 46.7. The first kappa shape index (κ1) is 21.7. The largest absolute Gasteiger partial charge is 0.506 e. The molecule has 0 spiro atoms. The summed E-state index contributed by atoms with van der Waals surface area (Å²) in [6, 6.07) is 0. The minimum absolute atomic E-state index is 0.521. The van der Waals surface area contributed by atoms with Gasteiger partial charge in [0.15, 0.2) is 5.76 Å². The van der Waals surface area contributed by atoms with Crippen molar-refractivity contribution < 1.29 is 35.1 Å². The Balaban J connectivity index is 4.92. The molecule has 0 saturated carbocycles. The smallest absolute Gasteiger partial charge is 0.377 e. The van der Waals surface area contributed by atoms with Crippen molar-refractivity contribution >= 4 is 5.97 Å². The molecule has 23 heavy (non-hydrogen) atoms. The van der Waals surface area contributed by atoms with Crippen molar-refractivity contribution in [2.24, 2.45) is 5.92 Å². The first-order valence-corrected chi connectivity index (χ1v) is 7.90. The maximum atomic E-state index is 11.9. The van der Waals surface area contributed by atoms with E-state index < -0.39 is 41.9 Å². The second-order valence-corrected chi connectivity index (χ2v) is 6.41. The number of aliphatic hydroxyl groups is 5. The third kappa shape index (κ3) is 7.20. The Bertz CT molecular complexity index is 405. The van der Waals surface area contributed by atoms with Gasteiger partial charge in [-0.05, 0) is 32.1 Å². The van der Waals surface area contributed by atoms with Crippen LogP contribution >= 0.6 is 0 Å². The zero-order valence-corrected chi connectivity index (χ0v) is 14.3. The van der Waals surface area contributed by atoms with Crippen LogP contribution in [0.5, 0.6) is 0 Å². The molecule has 0 bridgehead atoms. The Kier molecular flexibility index (Phi) is 9.19. The monoisotopic (exact) mass is 334 g/mol. The number of ether oxygens (including phenoxy) is 1. The van der Waals surface area contributed by atoms with E-state index in [9.17, 15) is 25.2 Å². The second kappa shape index (κ2) is 9.75. The van der Waals surface area contributed by atoms with Gasteiger partial charge in [0, 0.05) is 0 Å². The van der Waals surface area contributed by atoms with E-state index >= 15 is 0 Å². The quantitative estimate of drug-likeness (QED) is 0.233. The molecule has 5 N–H and O–H groups in total. The summed E-state index contributed by atoms with van der Waals surface area (Å²) in [5.41, 5.74) is -0.805. The van der Waals surface area contributed by atoms with Gasteiger partial charge in [0.05, 0.1) is 6.61 Å². The SMILES string of the molecule is CCC(C)(CCCC(C)C)OC(=O)/C(O)=C(\O)C(O)C(O)CO. The average Bonchev–Trinajstić information content (AvgIpc) is 2.51. The van der Waals surface area contributed by atoms with Crippen LogP contribution < -0.4 is 0 Å². The van der Waals surface area contributed by atoms with Crippen molar-refractivity contribution in [1.29, 1.82) is 0 Å². The maximum absolute atomic E-state index is 11.9. The van der Waals surface area contributed by atoms with E-state index in [0.29, 0.717) is 18.8 Å². The summed E-state index contributed by atoms with van der Waals surface area (Å²) in [6.45, 7) is 6.92. The minimum atomic E-state index is -1.97. The van der Waals surface area contributed by atoms with Crippen LogP contribution in [0.25, 0.3) is 0 Å². The van der Waals surface area contributed by atoms with Gasteiger partial charge in [0.25, 0.3) is 0 Å². The lowest BCUT2D eigenvalue weighted by molar-refractivity contribution is -0.158. The van der Waals surface area contributed by atoms with Crippen LogP contribution in [0.15, 0.2) is 11.5 Å². The number of carbonyl (C=O) groups excluding carboxylic acids is 1. The zero-order valence-electron chi connectivity index (χ0n) is 14.3. The van der Waals surface area contributed by atoms with Crippen LogP contribution in [0.2, 0.25) is 0 Å². The van der Waals surface area contributed by atoms with E-state index in [4.69, 9.17) is 9.84 Å². The first-order valence-electron chi connectivity index (χ1n) is 7.90. The van der Waals surface area contributed by atoms with Gasteiger partial charge in [0.1, 0.15) is 17.8 Å². The molecule has 0 fully saturated rings. The standard InChI is InChI=1S/C16H30O7/c1-5-16(4,8-6-7-10(2)3)23-15(22)14(21)13(20)12(19)11(18)9-17/h10-12,17-21H,5-9H2,1-4H3/b14-13+. The van der Waals surface area contributed by atoms with E-state index in [2.05, 4.69) is 13.8 Å². The van der Waals surface area contributed by atoms with Crippen LogP contribution in [0, 0.1) is 5.92 Å². The molecule has 3 atom stereocenters. The van der Waals surface area contributed by atoms with Gasteiger partial charge in [-0.15, -0.1) is 0 Å². The van der Waals surface area contributed by atoms with E-state index in [1.807, 2.05) is 6.92 Å². The number of carbonyl (C=O) groups is 1. The normalized spacial score (nSPS) is 18.1. The van der Waals surface area contributed by atoms with Gasteiger partial charge in [-0.1, -0.05) is 27.2 Å². The van der Waals surface area contributed by atoms with Gasteiger partial charge < -0.3 is 30.3 Å². The zero-order chi connectivity index (χ0) is 18.2. The summed E-state index contributed by atoms with van der Waals surface area (Å²) in [7, 11) is 0. The summed E-state index contributed by atoms with van der Waals surface area (Å²) < 4.78 is 5.25. The van der Waals surface area contributed by atoms with Gasteiger partial charge in [-0.3, -0.25) is 0 Å². The minimum Gasteiger partial charge on any atom is -0.506 e. The Morgan fingerprint density at radius 3 is 2.22 bits per heavy atom.